The molecule has 176 valence electrons. The van der Waals surface area contributed by atoms with Crippen LogP contribution in [0.25, 0.3) is 6.08 Å². The molecule has 3 amide bonds. The maximum atomic E-state index is 13.5. The zero-order chi connectivity index (χ0) is 23.8. The van der Waals surface area contributed by atoms with E-state index in [0.717, 1.165) is 11.3 Å². The molecule has 2 unspecified atom stereocenters. The number of benzene rings is 2. The van der Waals surface area contributed by atoms with Gasteiger partial charge < -0.3 is 24.2 Å². The molecule has 3 heterocycles. The predicted octanol–water partition coefficient (Wildman–Crippen LogP) is 2.50. The van der Waals surface area contributed by atoms with E-state index in [2.05, 4.69) is 0 Å². The van der Waals surface area contributed by atoms with Crippen LogP contribution in [0, 0.1) is 0 Å². The van der Waals surface area contributed by atoms with Gasteiger partial charge in [-0.3, -0.25) is 9.69 Å². The van der Waals surface area contributed by atoms with E-state index in [1.54, 1.807) is 26.2 Å². The van der Waals surface area contributed by atoms with Gasteiger partial charge in [0.05, 0.1) is 19.9 Å². The monoisotopic (exact) mass is 461 g/mol. The van der Waals surface area contributed by atoms with Gasteiger partial charge in [0, 0.05) is 32.7 Å². The highest BCUT2D eigenvalue weighted by atomic mass is 16.5. The second-order valence-electron chi connectivity index (χ2n) is 8.33. The average Bonchev–Trinajstić information content (AvgIpc) is 3.44. The zero-order valence-electron chi connectivity index (χ0n) is 19.4. The number of amides is 3. The Morgan fingerprint density at radius 1 is 1.06 bits per heavy atom. The van der Waals surface area contributed by atoms with E-state index in [9.17, 15) is 9.59 Å². The van der Waals surface area contributed by atoms with E-state index in [4.69, 9.17) is 14.5 Å². The lowest BCUT2D eigenvalue weighted by Gasteiger charge is -2.40. The van der Waals surface area contributed by atoms with Crippen molar-refractivity contribution in [2.24, 2.45) is 4.99 Å². The van der Waals surface area contributed by atoms with Crippen LogP contribution in [-0.2, 0) is 4.79 Å². The van der Waals surface area contributed by atoms with Crippen LogP contribution in [0.5, 0.6) is 11.5 Å². The molecule has 2 atom stereocenters. The Kier molecular flexibility index (Phi) is 5.61. The molecule has 0 saturated carbocycles. The third-order valence-electron chi connectivity index (χ3n) is 6.45. The van der Waals surface area contributed by atoms with Crippen molar-refractivity contribution in [3.05, 3.63) is 60.2 Å². The van der Waals surface area contributed by atoms with Crippen molar-refractivity contribution in [3.63, 3.8) is 0 Å². The topological polar surface area (TPSA) is 77.9 Å². The number of carbonyl (C=O) groups is 2. The first-order valence-electron chi connectivity index (χ1n) is 11.2. The third-order valence-corrected chi connectivity index (χ3v) is 6.45. The standard InChI is InChI=1S/C25H27N5O4/c1-27-22-21(23(31)30(25(27)32)13-7-10-17-8-5-4-6-9-17)29-15-14-28(24(29)26-22)19-12-11-18(33-2)16-20(19)34-3/h4-12,16,21-22H,13-15H2,1-3H3/b10-7+. The molecular formula is C25H27N5O4. The van der Waals surface area contributed by atoms with Gasteiger partial charge in [0.2, 0.25) is 5.96 Å². The lowest BCUT2D eigenvalue weighted by molar-refractivity contribution is -0.136. The summed E-state index contributed by atoms with van der Waals surface area (Å²) in [6.07, 6.45) is 3.20. The molecule has 5 rings (SSSR count). The fourth-order valence-corrected chi connectivity index (χ4v) is 4.70. The Morgan fingerprint density at radius 3 is 2.59 bits per heavy atom. The largest absolute Gasteiger partial charge is 0.497 e. The maximum absolute atomic E-state index is 13.5. The highest BCUT2D eigenvalue weighted by Crippen LogP contribution is 2.38. The van der Waals surface area contributed by atoms with Crippen molar-refractivity contribution in [1.29, 1.82) is 0 Å². The number of rotatable bonds is 6. The average molecular weight is 462 g/mol. The van der Waals surface area contributed by atoms with Gasteiger partial charge in [-0.25, -0.2) is 9.79 Å². The van der Waals surface area contributed by atoms with Crippen LogP contribution in [-0.4, -0.2) is 85.7 Å². The molecule has 3 aliphatic rings. The Hall–Kier alpha value is -4.01. The number of hydrogen-bond acceptors (Lipinski definition) is 7. The Balaban J connectivity index is 1.39. The molecule has 0 spiro atoms. The third kappa shape index (κ3) is 3.53. The number of hydrogen-bond donors (Lipinski definition) is 0. The molecule has 34 heavy (non-hydrogen) atoms. The van der Waals surface area contributed by atoms with Gasteiger partial charge in [-0.05, 0) is 17.7 Å². The van der Waals surface area contributed by atoms with Gasteiger partial charge in [-0.15, -0.1) is 0 Å². The van der Waals surface area contributed by atoms with Crippen LogP contribution >= 0.6 is 0 Å². The minimum absolute atomic E-state index is 0.208. The number of methoxy groups -OCH3 is 2. The van der Waals surface area contributed by atoms with E-state index in [0.29, 0.717) is 30.5 Å². The first-order valence-corrected chi connectivity index (χ1v) is 11.2. The van der Waals surface area contributed by atoms with Crippen molar-refractivity contribution in [3.8, 4) is 11.5 Å². The first kappa shape index (κ1) is 21.8. The minimum Gasteiger partial charge on any atom is -0.497 e. The second-order valence-corrected chi connectivity index (χ2v) is 8.33. The van der Waals surface area contributed by atoms with Crippen LogP contribution in [0.2, 0.25) is 0 Å². The number of anilines is 1. The molecule has 0 bridgehead atoms. The van der Waals surface area contributed by atoms with E-state index < -0.39 is 12.2 Å². The number of carbonyl (C=O) groups excluding carboxylic acids is 2. The molecule has 0 aliphatic carbocycles. The van der Waals surface area contributed by atoms with Gasteiger partial charge in [0.1, 0.15) is 11.5 Å². The Morgan fingerprint density at radius 2 is 1.85 bits per heavy atom. The van der Waals surface area contributed by atoms with E-state index in [-0.39, 0.29) is 18.5 Å². The zero-order valence-corrected chi connectivity index (χ0v) is 19.4. The van der Waals surface area contributed by atoms with Crippen molar-refractivity contribution < 1.29 is 19.1 Å². The molecule has 2 saturated heterocycles. The van der Waals surface area contributed by atoms with E-state index >= 15 is 0 Å². The summed E-state index contributed by atoms with van der Waals surface area (Å²) in [7, 11) is 4.92. The van der Waals surface area contributed by atoms with Crippen LogP contribution < -0.4 is 14.4 Å². The summed E-state index contributed by atoms with van der Waals surface area (Å²) >= 11 is 0. The fourth-order valence-electron chi connectivity index (χ4n) is 4.70. The molecule has 2 fully saturated rings. The van der Waals surface area contributed by atoms with Crippen LogP contribution in [0.3, 0.4) is 0 Å². The van der Waals surface area contributed by atoms with Crippen molar-refractivity contribution in [2.45, 2.75) is 12.2 Å². The summed E-state index contributed by atoms with van der Waals surface area (Å²) in [5.41, 5.74) is 1.85. The van der Waals surface area contributed by atoms with Gasteiger partial charge in [0.25, 0.3) is 5.91 Å². The summed E-state index contributed by atoms with van der Waals surface area (Å²) in [5.74, 6) is 1.79. The summed E-state index contributed by atoms with van der Waals surface area (Å²) in [5, 5.41) is 0. The SMILES string of the molecule is COc1ccc(N2CCN3C2=NC2C3C(=O)N(C/C=C/c3ccccc3)C(=O)N2C)c(OC)c1. The van der Waals surface area contributed by atoms with Crippen LogP contribution in [0.15, 0.2) is 59.6 Å². The maximum Gasteiger partial charge on any atom is 0.328 e. The molecular weight excluding hydrogens is 434 g/mol. The summed E-state index contributed by atoms with van der Waals surface area (Å²) in [4.78, 5) is 38.2. The van der Waals surface area contributed by atoms with Gasteiger partial charge >= 0.3 is 6.03 Å². The normalized spacial score (nSPS) is 21.8. The number of imide groups is 1. The lowest BCUT2D eigenvalue weighted by Crippen LogP contribution is -2.64. The fraction of sp³-hybridized carbons (Fsp3) is 0.320. The number of ether oxygens (including phenoxy) is 2. The van der Waals surface area contributed by atoms with Crippen LogP contribution in [0.4, 0.5) is 10.5 Å². The summed E-state index contributed by atoms with van der Waals surface area (Å²) in [6, 6.07) is 14.5. The number of likely N-dealkylation sites (N-methyl/N-ethyl adjacent to an activating group) is 1. The molecule has 0 aromatic heterocycles. The van der Waals surface area contributed by atoms with E-state index in [1.807, 2.05) is 70.5 Å². The molecule has 0 N–H and O–H groups in total. The van der Waals surface area contributed by atoms with Crippen molar-refractivity contribution >= 4 is 29.7 Å². The number of aliphatic imine (C=N–C) groups is 1. The van der Waals surface area contributed by atoms with Crippen molar-refractivity contribution in [1.82, 2.24) is 14.7 Å². The second kappa shape index (κ2) is 8.74. The number of guanidine groups is 1. The highest BCUT2D eigenvalue weighted by molar-refractivity contribution is 6.08. The number of fused-ring (bicyclic) bond motifs is 3. The smallest absolute Gasteiger partial charge is 0.328 e. The molecule has 0 radical (unpaired) electrons. The quantitative estimate of drug-likeness (QED) is 0.658. The number of nitrogens with zero attached hydrogens (tertiary/aromatic N) is 5. The highest BCUT2D eigenvalue weighted by Gasteiger charge is 2.54. The molecule has 2 aromatic carbocycles. The molecule has 9 nitrogen and oxygen atoms in total. The summed E-state index contributed by atoms with van der Waals surface area (Å²) < 4.78 is 10.9. The van der Waals surface area contributed by atoms with Gasteiger partial charge in [-0.1, -0.05) is 42.5 Å². The minimum atomic E-state index is -0.559. The predicted molar refractivity (Wildman–Crippen MR) is 129 cm³/mol. The van der Waals surface area contributed by atoms with Crippen molar-refractivity contribution in [2.75, 3.05) is 45.8 Å². The molecule has 2 aromatic rings. The summed E-state index contributed by atoms with van der Waals surface area (Å²) in [6.45, 7) is 1.49. The lowest BCUT2D eigenvalue weighted by atomic mass is 10.1. The Labute approximate surface area is 198 Å². The van der Waals surface area contributed by atoms with E-state index in [1.165, 1.54) is 4.90 Å². The molecule has 9 heteroatoms. The number of urea groups is 1. The van der Waals surface area contributed by atoms with Gasteiger partial charge in [0.15, 0.2) is 12.2 Å². The first-order chi connectivity index (χ1) is 16.5. The Bertz CT molecular complexity index is 1170. The molecule has 3 aliphatic heterocycles. The van der Waals surface area contributed by atoms with Gasteiger partial charge in [-0.2, -0.15) is 0 Å². The van der Waals surface area contributed by atoms with Crippen LogP contribution in [0.1, 0.15) is 5.56 Å².